The van der Waals surface area contributed by atoms with E-state index >= 15 is 0 Å². The highest BCUT2D eigenvalue weighted by Gasteiger charge is 2.27. The average molecular weight is 314 g/mol. The summed E-state index contributed by atoms with van der Waals surface area (Å²) in [6.45, 7) is 6.39. The number of aliphatic hydroxyl groups excluding tert-OH is 1. The number of aromatic amines is 1. The predicted octanol–water partition coefficient (Wildman–Crippen LogP) is 2.47. The molecule has 1 aliphatic rings. The molecule has 3 rings (SSSR count). The van der Waals surface area contributed by atoms with Gasteiger partial charge in [0.05, 0.1) is 6.61 Å². The van der Waals surface area contributed by atoms with Crippen molar-refractivity contribution in [2.24, 2.45) is 5.92 Å². The summed E-state index contributed by atoms with van der Waals surface area (Å²) >= 11 is 0. The molecule has 1 aromatic carbocycles. The van der Waals surface area contributed by atoms with E-state index < -0.39 is 0 Å². The maximum Gasteiger partial charge on any atom is 0.256 e. The van der Waals surface area contributed by atoms with E-state index in [1.807, 2.05) is 25.1 Å². The lowest BCUT2D eigenvalue weighted by molar-refractivity contribution is 0.0538. The van der Waals surface area contributed by atoms with Crippen LogP contribution in [0.25, 0.3) is 10.8 Å². The van der Waals surface area contributed by atoms with Gasteiger partial charge in [-0.15, -0.1) is 0 Å². The van der Waals surface area contributed by atoms with Gasteiger partial charge in [0, 0.05) is 30.1 Å². The standard InChI is InChI=1S/C19H26N2O2/c1-13-5-3-7-16-17(13)11-15(20-19(16)23)8-10-21-9-4-6-14(2)18(21)12-22/h3,5,7,11,14,18,22H,4,6,8-10,12H2,1-2H3,(H,20,23)/t14-,18-/m1/s1. The summed E-state index contributed by atoms with van der Waals surface area (Å²) < 4.78 is 0. The Hall–Kier alpha value is -1.65. The highest BCUT2D eigenvalue weighted by Crippen LogP contribution is 2.23. The van der Waals surface area contributed by atoms with E-state index in [0.717, 1.165) is 41.5 Å². The van der Waals surface area contributed by atoms with Crippen LogP contribution in [0.15, 0.2) is 29.1 Å². The Morgan fingerprint density at radius 2 is 2.17 bits per heavy atom. The molecule has 23 heavy (non-hydrogen) atoms. The molecule has 1 saturated heterocycles. The van der Waals surface area contributed by atoms with E-state index in [2.05, 4.69) is 22.9 Å². The lowest BCUT2D eigenvalue weighted by Gasteiger charge is -2.39. The number of rotatable bonds is 4. The van der Waals surface area contributed by atoms with Crippen LogP contribution >= 0.6 is 0 Å². The number of pyridine rings is 1. The largest absolute Gasteiger partial charge is 0.395 e. The lowest BCUT2D eigenvalue weighted by Crippen LogP contribution is -2.47. The van der Waals surface area contributed by atoms with Crippen molar-refractivity contribution in [2.75, 3.05) is 19.7 Å². The van der Waals surface area contributed by atoms with Gasteiger partial charge in [-0.2, -0.15) is 0 Å². The Balaban J connectivity index is 1.79. The van der Waals surface area contributed by atoms with Crippen molar-refractivity contribution in [1.82, 2.24) is 9.88 Å². The molecule has 4 heteroatoms. The third-order valence-electron chi connectivity index (χ3n) is 5.25. The number of piperidine rings is 1. The van der Waals surface area contributed by atoms with Crippen molar-refractivity contribution in [1.29, 1.82) is 0 Å². The fourth-order valence-corrected chi connectivity index (χ4v) is 3.80. The van der Waals surface area contributed by atoms with Gasteiger partial charge in [-0.05, 0) is 55.3 Å². The van der Waals surface area contributed by atoms with Crippen molar-refractivity contribution >= 4 is 10.8 Å². The van der Waals surface area contributed by atoms with E-state index in [9.17, 15) is 9.90 Å². The van der Waals surface area contributed by atoms with Gasteiger partial charge in [0.25, 0.3) is 5.56 Å². The quantitative estimate of drug-likeness (QED) is 0.911. The third-order valence-corrected chi connectivity index (χ3v) is 5.25. The summed E-state index contributed by atoms with van der Waals surface area (Å²) in [4.78, 5) is 17.7. The highest BCUT2D eigenvalue weighted by molar-refractivity contribution is 5.84. The monoisotopic (exact) mass is 314 g/mol. The molecule has 0 bridgehead atoms. The number of H-pyrrole nitrogens is 1. The second-order valence-electron chi connectivity index (χ2n) is 6.82. The Morgan fingerprint density at radius 1 is 1.35 bits per heavy atom. The Kier molecular flexibility index (Phi) is 4.83. The van der Waals surface area contributed by atoms with Crippen LogP contribution in [-0.4, -0.2) is 40.7 Å². The molecule has 0 amide bonds. The number of hydrogen-bond donors (Lipinski definition) is 2. The van der Waals surface area contributed by atoms with E-state index in [0.29, 0.717) is 5.92 Å². The molecule has 0 radical (unpaired) electrons. The van der Waals surface area contributed by atoms with E-state index in [4.69, 9.17) is 0 Å². The fourth-order valence-electron chi connectivity index (χ4n) is 3.80. The molecule has 1 aromatic heterocycles. The maximum atomic E-state index is 12.3. The maximum absolute atomic E-state index is 12.3. The normalized spacial score (nSPS) is 22.6. The number of nitrogens with zero attached hydrogens (tertiary/aromatic N) is 1. The summed E-state index contributed by atoms with van der Waals surface area (Å²) in [6.07, 6.45) is 3.18. The van der Waals surface area contributed by atoms with Gasteiger partial charge in [0.1, 0.15) is 0 Å². The molecule has 0 saturated carbocycles. The minimum absolute atomic E-state index is 0.00748. The molecule has 124 valence electrons. The first-order valence-corrected chi connectivity index (χ1v) is 8.56. The molecule has 2 N–H and O–H groups in total. The SMILES string of the molecule is Cc1cccc2c(=O)[nH]c(CCN3CCC[C@@H](C)[C@H]3CO)cc12. The topological polar surface area (TPSA) is 56.3 Å². The zero-order valence-electron chi connectivity index (χ0n) is 14.0. The lowest BCUT2D eigenvalue weighted by atomic mass is 9.91. The minimum atomic E-state index is -0.00748. The minimum Gasteiger partial charge on any atom is -0.395 e. The first kappa shape index (κ1) is 16.2. The van der Waals surface area contributed by atoms with E-state index in [1.165, 1.54) is 12.8 Å². The van der Waals surface area contributed by atoms with Crippen LogP contribution in [0.2, 0.25) is 0 Å². The molecular weight excluding hydrogens is 288 g/mol. The first-order chi connectivity index (χ1) is 11.1. The van der Waals surface area contributed by atoms with Gasteiger partial charge in [0.15, 0.2) is 0 Å². The Labute approximate surface area is 137 Å². The molecule has 2 heterocycles. The van der Waals surface area contributed by atoms with Crippen LogP contribution in [0.3, 0.4) is 0 Å². The zero-order chi connectivity index (χ0) is 16.4. The molecular formula is C19H26N2O2. The number of likely N-dealkylation sites (tertiary alicyclic amines) is 1. The van der Waals surface area contributed by atoms with Crippen LogP contribution in [0.1, 0.15) is 31.0 Å². The van der Waals surface area contributed by atoms with Crippen LogP contribution in [-0.2, 0) is 6.42 Å². The number of benzene rings is 1. The van der Waals surface area contributed by atoms with Crippen molar-refractivity contribution in [2.45, 2.75) is 39.2 Å². The molecule has 0 spiro atoms. The third kappa shape index (κ3) is 3.33. The zero-order valence-corrected chi connectivity index (χ0v) is 14.0. The fraction of sp³-hybridized carbons (Fsp3) is 0.526. The van der Waals surface area contributed by atoms with Gasteiger partial charge in [0.2, 0.25) is 0 Å². The number of nitrogens with one attached hydrogen (secondary N) is 1. The van der Waals surface area contributed by atoms with Crippen molar-refractivity contribution in [3.8, 4) is 0 Å². The summed E-state index contributed by atoms with van der Waals surface area (Å²) in [5.41, 5.74) is 2.10. The number of aryl methyl sites for hydroxylation is 1. The van der Waals surface area contributed by atoms with Crippen LogP contribution in [0.4, 0.5) is 0 Å². The molecule has 2 atom stereocenters. The summed E-state index contributed by atoms with van der Waals surface area (Å²) in [5, 5.41) is 11.4. The highest BCUT2D eigenvalue weighted by atomic mass is 16.3. The van der Waals surface area contributed by atoms with Crippen LogP contribution in [0, 0.1) is 12.8 Å². The van der Waals surface area contributed by atoms with Gasteiger partial charge in [-0.25, -0.2) is 0 Å². The molecule has 2 aromatic rings. The Bertz CT molecular complexity index is 738. The van der Waals surface area contributed by atoms with Crippen LogP contribution in [0.5, 0.6) is 0 Å². The number of hydrogen-bond acceptors (Lipinski definition) is 3. The van der Waals surface area contributed by atoms with E-state index in [-0.39, 0.29) is 18.2 Å². The van der Waals surface area contributed by atoms with Crippen LogP contribution < -0.4 is 5.56 Å². The van der Waals surface area contributed by atoms with Crippen molar-refractivity contribution in [3.63, 3.8) is 0 Å². The average Bonchev–Trinajstić information content (AvgIpc) is 2.54. The summed E-state index contributed by atoms with van der Waals surface area (Å²) in [6, 6.07) is 8.19. The van der Waals surface area contributed by atoms with Crippen molar-refractivity contribution < 1.29 is 5.11 Å². The number of aliphatic hydroxyl groups is 1. The molecule has 1 aliphatic heterocycles. The molecule has 4 nitrogen and oxygen atoms in total. The summed E-state index contributed by atoms with van der Waals surface area (Å²) in [5.74, 6) is 0.534. The molecule has 0 unspecified atom stereocenters. The van der Waals surface area contributed by atoms with Gasteiger partial charge >= 0.3 is 0 Å². The van der Waals surface area contributed by atoms with Crippen molar-refractivity contribution in [3.05, 3.63) is 45.9 Å². The smallest absolute Gasteiger partial charge is 0.256 e. The van der Waals surface area contributed by atoms with Gasteiger partial charge < -0.3 is 10.1 Å². The predicted molar refractivity (Wildman–Crippen MR) is 93.9 cm³/mol. The Morgan fingerprint density at radius 3 is 2.96 bits per heavy atom. The van der Waals surface area contributed by atoms with Gasteiger partial charge in [-0.1, -0.05) is 19.1 Å². The van der Waals surface area contributed by atoms with E-state index in [1.54, 1.807) is 0 Å². The molecule has 1 fully saturated rings. The molecule has 0 aliphatic carbocycles. The second-order valence-corrected chi connectivity index (χ2v) is 6.82. The summed E-state index contributed by atoms with van der Waals surface area (Å²) in [7, 11) is 0. The number of aromatic nitrogens is 1. The first-order valence-electron chi connectivity index (χ1n) is 8.56. The number of fused-ring (bicyclic) bond motifs is 1. The second kappa shape index (κ2) is 6.85. The van der Waals surface area contributed by atoms with Gasteiger partial charge in [-0.3, -0.25) is 9.69 Å².